The van der Waals surface area contributed by atoms with Crippen LogP contribution in [0, 0.1) is 0 Å². The Morgan fingerprint density at radius 3 is 2.00 bits per heavy atom. The zero-order chi connectivity index (χ0) is 8.74. The lowest BCUT2D eigenvalue weighted by Gasteiger charge is -2.23. The Labute approximate surface area is 93.4 Å². The molecule has 0 rings (SSSR count). The summed E-state index contributed by atoms with van der Waals surface area (Å²) in [4.78, 5) is 0. The zero-order valence-corrected chi connectivity index (χ0v) is 11.2. The quantitative estimate of drug-likeness (QED) is 0.586. The summed E-state index contributed by atoms with van der Waals surface area (Å²) in [6.07, 6.45) is 2.42. The second-order valence-corrected chi connectivity index (χ2v) is 3.98. The molecule has 0 bridgehead atoms. The van der Waals surface area contributed by atoms with E-state index < -0.39 is 0 Å². The van der Waals surface area contributed by atoms with Crippen LogP contribution in [0.3, 0.4) is 0 Å². The van der Waals surface area contributed by atoms with Gasteiger partial charge < -0.3 is 15.4 Å². The van der Waals surface area contributed by atoms with Crippen molar-refractivity contribution >= 4 is 17.0 Å². The predicted molar refractivity (Wildman–Crippen MR) is 64.0 cm³/mol. The van der Waals surface area contributed by atoms with Gasteiger partial charge in [0.05, 0.1) is 27.7 Å². The number of quaternary nitrogens is 1. The molecule has 0 aliphatic rings. The summed E-state index contributed by atoms with van der Waals surface area (Å²) < 4.78 is 6.43. The number of hydrogen-bond donors (Lipinski definition) is 1. The monoisotopic (exact) mass is 257 g/mol. The zero-order valence-electron chi connectivity index (χ0n) is 9.51. The van der Waals surface area contributed by atoms with Crippen LogP contribution in [-0.4, -0.2) is 45.4 Å². The van der Waals surface area contributed by atoms with Crippen LogP contribution in [0.4, 0.5) is 0 Å². The average Bonchev–Trinajstić information content (AvgIpc) is 1.85. The first-order valence-electron chi connectivity index (χ1n) is 4.44. The van der Waals surface area contributed by atoms with Gasteiger partial charge in [0.25, 0.3) is 0 Å². The van der Waals surface area contributed by atoms with E-state index in [0.717, 1.165) is 24.2 Å². The second kappa shape index (κ2) is 10.4. The van der Waals surface area contributed by atoms with Crippen molar-refractivity contribution in [1.29, 1.82) is 0 Å². The minimum Gasteiger partial charge on any atom is -0.376 e. The van der Waals surface area contributed by atoms with Crippen molar-refractivity contribution in [3.05, 3.63) is 0 Å². The first kappa shape index (κ1) is 19.0. The largest absolute Gasteiger partial charge is 0.376 e. The maximum atomic E-state index is 5.43. The van der Waals surface area contributed by atoms with E-state index in [-0.39, 0.29) is 23.1 Å². The van der Waals surface area contributed by atoms with Crippen molar-refractivity contribution in [3.8, 4) is 0 Å². The highest BCUT2D eigenvalue weighted by Crippen LogP contribution is 1.91. The van der Waals surface area contributed by atoms with Gasteiger partial charge in [-0.05, 0) is 6.42 Å². The molecule has 0 aromatic carbocycles. The van der Waals surface area contributed by atoms with Gasteiger partial charge in [-0.3, -0.25) is 0 Å². The van der Waals surface area contributed by atoms with Crippen molar-refractivity contribution in [3.63, 3.8) is 0 Å². The standard InChI is InChI=1S/C9H22NO.BrH.H3N/c1-5-6-8-11-9-7-10(2,3)4;;/h5-9H2,1-4H3;1H;1H3/q+1;;. The Kier molecular flexibility index (Phi) is 15.3. The summed E-state index contributed by atoms with van der Waals surface area (Å²) in [5.74, 6) is 0. The molecule has 0 amide bonds. The van der Waals surface area contributed by atoms with Gasteiger partial charge in [0.2, 0.25) is 0 Å². The topological polar surface area (TPSA) is 44.2 Å². The Balaban J connectivity index is -0.000000500. The van der Waals surface area contributed by atoms with Crippen molar-refractivity contribution in [2.75, 3.05) is 40.9 Å². The summed E-state index contributed by atoms with van der Waals surface area (Å²) in [7, 11) is 6.55. The fraction of sp³-hybridized carbons (Fsp3) is 1.00. The minimum absolute atomic E-state index is 0. The van der Waals surface area contributed by atoms with Gasteiger partial charge in [-0.15, -0.1) is 17.0 Å². The Morgan fingerprint density at radius 1 is 1.08 bits per heavy atom. The molecular formula is C9H26BrN2O+. The number of nitrogens with zero attached hydrogens (tertiary/aromatic N) is 1. The third-order valence-electron chi connectivity index (χ3n) is 1.55. The van der Waals surface area contributed by atoms with Gasteiger partial charge in [0.1, 0.15) is 6.54 Å². The van der Waals surface area contributed by atoms with Gasteiger partial charge in [0, 0.05) is 6.61 Å². The molecule has 0 spiro atoms. The molecule has 0 fully saturated rings. The van der Waals surface area contributed by atoms with Crippen molar-refractivity contribution in [2.24, 2.45) is 0 Å². The molecule has 3 N–H and O–H groups in total. The summed E-state index contributed by atoms with van der Waals surface area (Å²) in [6.45, 7) is 5.10. The van der Waals surface area contributed by atoms with Crippen molar-refractivity contribution in [2.45, 2.75) is 19.8 Å². The molecular weight excluding hydrogens is 232 g/mol. The highest BCUT2D eigenvalue weighted by Gasteiger charge is 2.04. The molecule has 84 valence electrons. The third-order valence-corrected chi connectivity index (χ3v) is 1.55. The van der Waals surface area contributed by atoms with E-state index in [1.54, 1.807) is 0 Å². The molecule has 0 saturated carbocycles. The molecule has 0 saturated heterocycles. The molecule has 0 aliphatic heterocycles. The third kappa shape index (κ3) is 19.0. The maximum absolute atomic E-state index is 5.43. The number of rotatable bonds is 6. The molecule has 0 unspecified atom stereocenters. The second-order valence-electron chi connectivity index (χ2n) is 3.98. The Morgan fingerprint density at radius 2 is 1.62 bits per heavy atom. The average molecular weight is 258 g/mol. The van der Waals surface area contributed by atoms with Gasteiger partial charge in [-0.2, -0.15) is 0 Å². The van der Waals surface area contributed by atoms with E-state index >= 15 is 0 Å². The van der Waals surface area contributed by atoms with Gasteiger partial charge in [-0.25, -0.2) is 0 Å². The van der Waals surface area contributed by atoms with E-state index in [0.29, 0.717) is 0 Å². The van der Waals surface area contributed by atoms with E-state index in [4.69, 9.17) is 4.74 Å². The van der Waals surface area contributed by atoms with Crippen LogP contribution in [0.2, 0.25) is 0 Å². The fourth-order valence-corrected chi connectivity index (χ4v) is 0.687. The van der Waals surface area contributed by atoms with E-state index in [2.05, 4.69) is 28.1 Å². The molecule has 0 aromatic heterocycles. The molecule has 0 aromatic rings. The Bertz CT molecular complexity index is 94.1. The number of hydrogen-bond acceptors (Lipinski definition) is 2. The number of ether oxygens (including phenoxy) is 1. The molecule has 4 heteroatoms. The lowest BCUT2D eigenvalue weighted by atomic mass is 10.4. The van der Waals surface area contributed by atoms with E-state index in [1.807, 2.05) is 0 Å². The number of halogens is 1. The smallest absolute Gasteiger partial charge is 0.102 e. The SMILES string of the molecule is Br.CCCCOCC[N+](C)(C)C.N. The summed E-state index contributed by atoms with van der Waals surface area (Å²) in [6, 6.07) is 0. The van der Waals surface area contributed by atoms with Crippen molar-refractivity contribution in [1.82, 2.24) is 6.15 Å². The van der Waals surface area contributed by atoms with Crippen LogP contribution < -0.4 is 6.15 Å². The van der Waals surface area contributed by atoms with Gasteiger partial charge in [0.15, 0.2) is 0 Å². The van der Waals surface area contributed by atoms with Crippen LogP contribution in [0.25, 0.3) is 0 Å². The molecule has 3 nitrogen and oxygen atoms in total. The van der Waals surface area contributed by atoms with Crippen molar-refractivity contribution < 1.29 is 9.22 Å². The van der Waals surface area contributed by atoms with Crippen LogP contribution in [0.15, 0.2) is 0 Å². The first-order valence-corrected chi connectivity index (χ1v) is 4.44. The highest BCUT2D eigenvalue weighted by atomic mass is 79.9. The lowest BCUT2D eigenvalue weighted by Crippen LogP contribution is -2.37. The summed E-state index contributed by atoms with van der Waals surface area (Å²) in [5.41, 5.74) is 0. The van der Waals surface area contributed by atoms with E-state index in [1.165, 1.54) is 12.8 Å². The first-order chi connectivity index (χ1) is 5.06. The van der Waals surface area contributed by atoms with Crippen LogP contribution in [0.1, 0.15) is 19.8 Å². The molecule has 0 atom stereocenters. The van der Waals surface area contributed by atoms with Crippen LogP contribution >= 0.6 is 17.0 Å². The maximum Gasteiger partial charge on any atom is 0.102 e. The van der Waals surface area contributed by atoms with Crippen LogP contribution in [0.5, 0.6) is 0 Å². The predicted octanol–water partition coefficient (Wildman–Crippen LogP) is 2.25. The molecule has 13 heavy (non-hydrogen) atoms. The fourth-order valence-electron chi connectivity index (χ4n) is 0.687. The molecule has 0 aliphatic carbocycles. The Hall–Kier alpha value is 0.360. The summed E-state index contributed by atoms with van der Waals surface area (Å²) >= 11 is 0. The van der Waals surface area contributed by atoms with E-state index in [9.17, 15) is 0 Å². The normalized spacial score (nSPS) is 10.2. The van der Waals surface area contributed by atoms with Crippen LogP contribution in [-0.2, 0) is 4.74 Å². The summed E-state index contributed by atoms with van der Waals surface area (Å²) in [5, 5.41) is 0. The molecule has 0 radical (unpaired) electrons. The highest BCUT2D eigenvalue weighted by molar-refractivity contribution is 8.93. The number of likely N-dealkylation sites (N-methyl/N-ethyl adjacent to an activating group) is 1. The molecule has 0 heterocycles. The van der Waals surface area contributed by atoms with Gasteiger partial charge in [-0.1, -0.05) is 13.3 Å². The lowest BCUT2D eigenvalue weighted by molar-refractivity contribution is -0.870. The minimum atomic E-state index is 0. The van der Waals surface area contributed by atoms with Gasteiger partial charge >= 0.3 is 0 Å². The number of unbranched alkanes of at least 4 members (excludes halogenated alkanes) is 1.